The summed E-state index contributed by atoms with van der Waals surface area (Å²) in [6.45, 7) is 8.15. The Labute approximate surface area is 255 Å². The zero-order valence-electron chi connectivity index (χ0n) is 24.9. The fraction of sp³-hybridized carbons (Fsp3) is 0.314. The molecule has 226 valence electrons. The molecule has 44 heavy (non-hydrogen) atoms. The molecule has 1 aliphatic heterocycles. The van der Waals surface area contributed by atoms with E-state index in [0.717, 1.165) is 79.6 Å². The third-order valence-corrected chi connectivity index (χ3v) is 8.56. The van der Waals surface area contributed by atoms with Crippen molar-refractivity contribution in [2.45, 2.75) is 13.0 Å². The Kier molecular flexibility index (Phi) is 8.15. The van der Waals surface area contributed by atoms with Crippen molar-refractivity contribution in [3.8, 4) is 5.75 Å². The summed E-state index contributed by atoms with van der Waals surface area (Å²) in [5.74, 6) is 0.427. The topological polar surface area (TPSA) is 93.2 Å². The molecule has 0 amide bonds. The highest BCUT2D eigenvalue weighted by Crippen LogP contribution is 2.38. The number of rotatable bonds is 11. The van der Waals surface area contributed by atoms with E-state index in [-0.39, 0.29) is 0 Å². The van der Waals surface area contributed by atoms with Crippen molar-refractivity contribution in [3.05, 3.63) is 89.0 Å². The van der Waals surface area contributed by atoms with Crippen LogP contribution in [-0.2, 0) is 11.3 Å². The summed E-state index contributed by atoms with van der Waals surface area (Å²) in [7, 11) is 1.54. The summed E-state index contributed by atoms with van der Waals surface area (Å²) < 4.78 is 22.8. The maximum atomic E-state index is 11.9. The quantitative estimate of drug-likeness (QED) is 0.112. The van der Waals surface area contributed by atoms with Crippen molar-refractivity contribution in [1.29, 1.82) is 0 Å². The molecule has 1 fully saturated rings. The van der Waals surface area contributed by atoms with Crippen LogP contribution in [0.4, 0.5) is 5.69 Å². The second kappa shape index (κ2) is 12.7. The molecule has 0 aliphatic carbocycles. The van der Waals surface area contributed by atoms with Crippen LogP contribution in [0.2, 0.25) is 0 Å². The van der Waals surface area contributed by atoms with E-state index in [2.05, 4.69) is 51.5 Å². The first-order valence-electron chi connectivity index (χ1n) is 15.2. The highest BCUT2D eigenvalue weighted by atomic mass is 16.5. The van der Waals surface area contributed by atoms with Gasteiger partial charge in [0.15, 0.2) is 11.2 Å². The maximum absolute atomic E-state index is 11.9. The van der Waals surface area contributed by atoms with E-state index in [1.807, 2.05) is 18.2 Å². The SMILES string of the molecule is COc1c2occc2c(COCCCN2CCN(CCNc3c4ccccc4nc4ccccc34)CC2)c2ccc(=O)oc12. The van der Waals surface area contributed by atoms with E-state index in [1.165, 1.54) is 22.5 Å². The first kappa shape index (κ1) is 28.3. The van der Waals surface area contributed by atoms with Crippen LogP contribution in [0.3, 0.4) is 0 Å². The van der Waals surface area contributed by atoms with Gasteiger partial charge in [0.2, 0.25) is 5.75 Å². The molecule has 3 aromatic carbocycles. The molecule has 9 heteroatoms. The van der Waals surface area contributed by atoms with Crippen molar-refractivity contribution in [2.24, 2.45) is 0 Å². The number of nitrogens with one attached hydrogen (secondary N) is 1. The van der Waals surface area contributed by atoms with Crippen LogP contribution < -0.4 is 15.7 Å². The monoisotopic (exact) mass is 592 g/mol. The van der Waals surface area contributed by atoms with Crippen LogP contribution >= 0.6 is 0 Å². The van der Waals surface area contributed by atoms with E-state index in [4.69, 9.17) is 23.3 Å². The van der Waals surface area contributed by atoms with Crippen LogP contribution in [0.15, 0.2) is 86.6 Å². The summed E-state index contributed by atoms with van der Waals surface area (Å²) in [5, 5.41) is 7.77. The normalized spacial score (nSPS) is 14.7. The summed E-state index contributed by atoms with van der Waals surface area (Å²) in [4.78, 5) is 21.8. The molecule has 1 N–H and O–H groups in total. The van der Waals surface area contributed by atoms with Gasteiger partial charge in [-0.15, -0.1) is 0 Å². The van der Waals surface area contributed by atoms with E-state index in [0.29, 0.717) is 30.1 Å². The zero-order chi connectivity index (χ0) is 29.9. The molecule has 3 aromatic heterocycles. The summed E-state index contributed by atoms with van der Waals surface area (Å²) in [5.41, 5.74) is 4.66. The minimum Gasteiger partial charge on any atom is -0.490 e. The van der Waals surface area contributed by atoms with Crippen LogP contribution in [0.1, 0.15) is 12.0 Å². The molecule has 9 nitrogen and oxygen atoms in total. The van der Waals surface area contributed by atoms with Crippen LogP contribution in [0.25, 0.3) is 43.7 Å². The molecule has 0 bridgehead atoms. The highest BCUT2D eigenvalue weighted by molar-refractivity contribution is 6.07. The van der Waals surface area contributed by atoms with E-state index in [1.54, 1.807) is 19.4 Å². The fourth-order valence-corrected chi connectivity index (χ4v) is 6.31. The summed E-state index contributed by atoms with van der Waals surface area (Å²) in [6.07, 6.45) is 2.56. The van der Waals surface area contributed by atoms with Gasteiger partial charge in [-0.3, -0.25) is 4.90 Å². The molecular formula is C35H36N4O5. The molecule has 0 saturated carbocycles. The number of hydrogen-bond acceptors (Lipinski definition) is 9. The Morgan fingerprint density at radius 2 is 1.50 bits per heavy atom. The van der Waals surface area contributed by atoms with Crippen molar-refractivity contribution >= 4 is 49.4 Å². The number of anilines is 1. The predicted octanol–water partition coefficient (Wildman–Crippen LogP) is 5.89. The number of fused-ring (bicyclic) bond motifs is 4. The van der Waals surface area contributed by atoms with Gasteiger partial charge in [0.05, 0.1) is 36.7 Å². The minimum absolute atomic E-state index is 0.386. The number of aromatic nitrogens is 1. The summed E-state index contributed by atoms with van der Waals surface area (Å²) >= 11 is 0. The van der Waals surface area contributed by atoms with Crippen LogP contribution in [0, 0.1) is 0 Å². The largest absolute Gasteiger partial charge is 0.490 e. The number of piperazine rings is 1. The number of methoxy groups -OCH3 is 1. The minimum atomic E-state index is -0.430. The van der Waals surface area contributed by atoms with Gasteiger partial charge >= 0.3 is 5.63 Å². The maximum Gasteiger partial charge on any atom is 0.336 e. The molecule has 0 spiro atoms. The fourth-order valence-electron chi connectivity index (χ4n) is 6.31. The number of ether oxygens (including phenoxy) is 2. The van der Waals surface area contributed by atoms with Crippen LogP contribution in [0.5, 0.6) is 5.75 Å². The van der Waals surface area contributed by atoms with Gasteiger partial charge < -0.3 is 28.5 Å². The van der Waals surface area contributed by atoms with Crippen LogP contribution in [-0.4, -0.2) is 74.3 Å². The van der Waals surface area contributed by atoms with Crippen molar-refractivity contribution < 1.29 is 18.3 Å². The summed E-state index contributed by atoms with van der Waals surface area (Å²) in [6, 6.07) is 21.8. The first-order valence-corrected chi connectivity index (χ1v) is 15.2. The average molecular weight is 593 g/mol. The van der Waals surface area contributed by atoms with Gasteiger partial charge in [-0.2, -0.15) is 0 Å². The number of pyridine rings is 1. The Bertz CT molecular complexity index is 1920. The molecular weight excluding hydrogens is 556 g/mol. The first-order chi connectivity index (χ1) is 21.7. The van der Waals surface area contributed by atoms with Gasteiger partial charge in [0.25, 0.3) is 0 Å². The molecule has 1 saturated heterocycles. The number of furan rings is 1. The van der Waals surface area contributed by atoms with Gasteiger partial charge in [-0.25, -0.2) is 9.78 Å². The molecule has 0 atom stereocenters. The Balaban J connectivity index is 0.886. The second-order valence-electron chi connectivity index (χ2n) is 11.2. The second-order valence-corrected chi connectivity index (χ2v) is 11.2. The smallest absolute Gasteiger partial charge is 0.336 e. The number of benzene rings is 3. The van der Waals surface area contributed by atoms with Gasteiger partial charge in [-0.1, -0.05) is 36.4 Å². The molecule has 6 aromatic rings. The third kappa shape index (κ3) is 5.61. The molecule has 7 rings (SSSR count). The number of hydrogen-bond donors (Lipinski definition) is 1. The lowest BCUT2D eigenvalue weighted by molar-refractivity contribution is 0.0937. The molecule has 0 unspecified atom stereocenters. The number of para-hydroxylation sites is 2. The molecule has 0 radical (unpaired) electrons. The van der Waals surface area contributed by atoms with E-state index < -0.39 is 5.63 Å². The van der Waals surface area contributed by atoms with Gasteiger partial charge in [0.1, 0.15) is 0 Å². The Morgan fingerprint density at radius 1 is 0.818 bits per heavy atom. The third-order valence-electron chi connectivity index (χ3n) is 8.56. The molecule has 4 heterocycles. The highest BCUT2D eigenvalue weighted by Gasteiger charge is 2.20. The molecule has 1 aliphatic rings. The van der Waals surface area contributed by atoms with Crippen molar-refractivity contribution in [3.63, 3.8) is 0 Å². The van der Waals surface area contributed by atoms with E-state index >= 15 is 0 Å². The lowest BCUT2D eigenvalue weighted by Gasteiger charge is -2.34. The Hall–Kier alpha value is -4.44. The predicted molar refractivity (Wildman–Crippen MR) is 174 cm³/mol. The Morgan fingerprint density at radius 3 is 2.23 bits per heavy atom. The standard InChI is InChI=1S/C35H36N4O5/c1-41-35-33-25(13-22-43-33)28(24-11-12-31(40)44-34(24)35)23-42-21-6-15-38-17-19-39(20-18-38)16-14-36-32-26-7-2-4-9-29(26)37-30-10-5-3-8-27(30)32/h2-5,7-13,22H,6,14-21,23H2,1H3,(H,36,37). The lowest BCUT2D eigenvalue weighted by Crippen LogP contribution is -2.47. The lowest BCUT2D eigenvalue weighted by atomic mass is 10.0. The van der Waals surface area contributed by atoms with Crippen molar-refractivity contribution in [2.75, 3.05) is 64.8 Å². The average Bonchev–Trinajstić information content (AvgIpc) is 3.54. The van der Waals surface area contributed by atoms with Gasteiger partial charge in [-0.05, 0) is 30.7 Å². The van der Waals surface area contributed by atoms with E-state index in [9.17, 15) is 4.79 Å². The van der Waals surface area contributed by atoms with Crippen molar-refractivity contribution in [1.82, 2.24) is 14.8 Å². The number of nitrogens with zero attached hydrogens (tertiary/aromatic N) is 3. The van der Waals surface area contributed by atoms with Gasteiger partial charge in [0, 0.05) is 85.6 Å². The zero-order valence-corrected chi connectivity index (χ0v) is 24.9.